The number of para-hydroxylation sites is 1. The SMILES string of the molecule is COC(=O)c1cc([C@H]2N(Cc3ccco3)C(=O)c3ccccc3N2C)oc1C. The number of fused-ring (bicyclic) bond motifs is 1. The van der Waals surface area contributed by atoms with Gasteiger partial charge in [-0.15, -0.1) is 0 Å². The highest BCUT2D eigenvalue weighted by Crippen LogP contribution is 2.39. The first-order chi connectivity index (χ1) is 13.5. The van der Waals surface area contributed by atoms with E-state index in [0.29, 0.717) is 28.4 Å². The largest absolute Gasteiger partial charge is 0.467 e. The quantitative estimate of drug-likeness (QED) is 0.642. The highest BCUT2D eigenvalue weighted by molar-refractivity contribution is 6.02. The second-order valence-electron chi connectivity index (χ2n) is 6.62. The number of carbonyl (C=O) groups excluding carboxylic acids is 2. The van der Waals surface area contributed by atoms with Crippen LogP contribution in [-0.4, -0.2) is 30.9 Å². The Labute approximate surface area is 162 Å². The van der Waals surface area contributed by atoms with Crippen LogP contribution in [0.25, 0.3) is 0 Å². The van der Waals surface area contributed by atoms with Crippen LogP contribution in [0.4, 0.5) is 5.69 Å². The number of ether oxygens (including phenoxy) is 1. The minimum absolute atomic E-state index is 0.135. The standard InChI is InChI=1S/C21H20N2O5/c1-13-16(21(25)26-3)11-18(28-13)19-22(2)17-9-5-4-8-15(17)20(24)23(19)12-14-7-6-10-27-14/h4-11,19H,12H2,1-3H3/t19-/m1/s1. The Morgan fingerprint density at radius 1 is 1.21 bits per heavy atom. The molecule has 1 amide bonds. The van der Waals surface area contributed by atoms with Gasteiger partial charge in [0.1, 0.15) is 22.8 Å². The van der Waals surface area contributed by atoms with Crippen molar-refractivity contribution in [2.75, 3.05) is 19.1 Å². The van der Waals surface area contributed by atoms with Crippen molar-refractivity contribution in [1.82, 2.24) is 4.90 Å². The number of aryl methyl sites for hydroxylation is 1. The van der Waals surface area contributed by atoms with E-state index in [0.717, 1.165) is 5.69 Å². The molecule has 28 heavy (non-hydrogen) atoms. The Hall–Kier alpha value is -3.48. The van der Waals surface area contributed by atoms with Gasteiger partial charge < -0.3 is 23.4 Å². The number of nitrogens with zero attached hydrogens (tertiary/aromatic N) is 2. The third-order valence-electron chi connectivity index (χ3n) is 4.94. The van der Waals surface area contributed by atoms with Crippen LogP contribution in [0.5, 0.6) is 0 Å². The molecule has 7 heteroatoms. The molecule has 0 saturated heterocycles. The summed E-state index contributed by atoms with van der Waals surface area (Å²) in [5, 5.41) is 0. The lowest BCUT2D eigenvalue weighted by Gasteiger charge is -2.42. The summed E-state index contributed by atoms with van der Waals surface area (Å²) in [7, 11) is 3.21. The molecule has 2 aromatic heterocycles. The molecule has 1 aliphatic rings. The van der Waals surface area contributed by atoms with Crippen molar-refractivity contribution < 1.29 is 23.2 Å². The molecule has 0 saturated carbocycles. The summed E-state index contributed by atoms with van der Waals surface area (Å²) in [5.41, 5.74) is 1.74. The van der Waals surface area contributed by atoms with Gasteiger partial charge in [0.15, 0.2) is 6.17 Å². The van der Waals surface area contributed by atoms with Crippen molar-refractivity contribution in [3.63, 3.8) is 0 Å². The van der Waals surface area contributed by atoms with Gasteiger partial charge in [-0.05, 0) is 37.3 Å². The average Bonchev–Trinajstić information content (AvgIpc) is 3.35. The zero-order valence-electron chi connectivity index (χ0n) is 15.8. The molecule has 0 fully saturated rings. The highest BCUT2D eigenvalue weighted by atomic mass is 16.5. The van der Waals surface area contributed by atoms with E-state index in [1.54, 1.807) is 36.3 Å². The Morgan fingerprint density at radius 2 is 2.00 bits per heavy atom. The van der Waals surface area contributed by atoms with Gasteiger partial charge in [-0.1, -0.05) is 12.1 Å². The number of methoxy groups -OCH3 is 1. The smallest absolute Gasteiger partial charge is 0.341 e. The van der Waals surface area contributed by atoms with Gasteiger partial charge in [0.2, 0.25) is 0 Å². The molecule has 3 heterocycles. The summed E-state index contributed by atoms with van der Waals surface area (Å²) >= 11 is 0. The van der Waals surface area contributed by atoms with Crippen molar-refractivity contribution in [3.05, 3.63) is 77.1 Å². The number of carbonyl (C=O) groups is 2. The summed E-state index contributed by atoms with van der Waals surface area (Å²) in [6, 6.07) is 12.6. The lowest BCUT2D eigenvalue weighted by Crippen LogP contribution is -2.47. The molecular weight excluding hydrogens is 360 g/mol. The maximum absolute atomic E-state index is 13.3. The first kappa shape index (κ1) is 17.9. The molecule has 144 valence electrons. The molecule has 3 aromatic rings. The first-order valence-electron chi connectivity index (χ1n) is 8.85. The molecule has 0 unspecified atom stereocenters. The Morgan fingerprint density at radius 3 is 2.71 bits per heavy atom. The second kappa shape index (κ2) is 6.92. The fourth-order valence-electron chi connectivity index (χ4n) is 3.59. The molecular formula is C21H20N2O5. The number of rotatable bonds is 4. The molecule has 1 atom stereocenters. The van der Waals surface area contributed by atoms with Gasteiger partial charge in [0.05, 0.1) is 31.2 Å². The zero-order chi connectivity index (χ0) is 19.8. The number of furan rings is 2. The van der Waals surface area contributed by atoms with Gasteiger partial charge in [0.25, 0.3) is 5.91 Å². The first-order valence-corrected chi connectivity index (χ1v) is 8.85. The van der Waals surface area contributed by atoms with E-state index in [1.165, 1.54) is 7.11 Å². The summed E-state index contributed by atoms with van der Waals surface area (Å²) < 4.78 is 16.2. The molecule has 0 bridgehead atoms. The van der Waals surface area contributed by atoms with Crippen LogP contribution >= 0.6 is 0 Å². The molecule has 1 aromatic carbocycles. The van der Waals surface area contributed by atoms with Crippen molar-refractivity contribution in [2.24, 2.45) is 0 Å². The maximum Gasteiger partial charge on any atom is 0.341 e. The van der Waals surface area contributed by atoms with Crippen LogP contribution in [-0.2, 0) is 11.3 Å². The normalized spacial score (nSPS) is 16.2. The summed E-state index contributed by atoms with van der Waals surface area (Å²) in [6.45, 7) is 1.97. The van der Waals surface area contributed by atoms with Crippen molar-refractivity contribution >= 4 is 17.6 Å². The van der Waals surface area contributed by atoms with Crippen LogP contribution in [0.3, 0.4) is 0 Å². The fraction of sp³-hybridized carbons (Fsp3) is 0.238. The van der Waals surface area contributed by atoms with Crippen LogP contribution < -0.4 is 4.90 Å². The molecule has 0 aliphatic carbocycles. The van der Waals surface area contributed by atoms with Crippen molar-refractivity contribution in [2.45, 2.75) is 19.6 Å². The summed E-state index contributed by atoms with van der Waals surface area (Å²) in [5.74, 6) is 0.968. The van der Waals surface area contributed by atoms with Crippen LogP contribution in [0, 0.1) is 6.92 Å². The Balaban J connectivity index is 1.82. The van der Waals surface area contributed by atoms with E-state index in [-0.39, 0.29) is 12.5 Å². The fourth-order valence-corrected chi connectivity index (χ4v) is 3.59. The third-order valence-corrected chi connectivity index (χ3v) is 4.94. The number of hydrogen-bond donors (Lipinski definition) is 0. The predicted molar refractivity (Wildman–Crippen MR) is 101 cm³/mol. The predicted octanol–water partition coefficient (Wildman–Crippen LogP) is 3.76. The van der Waals surface area contributed by atoms with E-state index >= 15 is 0 Å². The lowest BCUT2D eigenvalue weighted by molar-refractivity contribution is 0.0586. The number of benzene rings is 1. The van der Waals surface area contributed by atoms with Gasteiger partial charge >= 0.3 is 5.97 Å². The Kier molecular flexibility index (Phi) is 4.43. The highest BCUT2D eigenvalue weighted by Gasteiger charge is 2.39. The van der Waals surface area contributed by atoms with Crippen LogP contribution in [0.1, 0.15) is 44.2 Å². The van der Waals surface area contributed by atoms with E-state index in [1.807, 2.05) is 36.2 Å². The number of amides is 1. The van der Waals surface area contributed by atoms with E-state index in [4.69, 9.17) is 13.6 Å². The molecule has 0 spiro atoms. The molecule has 0 N–H and O–H groups in total. The van der Waals surface area contributed by atoms with Crippen LogP contribution in [0.2, 0.25) is 0 Å². The minimum Gasteiger partial charge on any atom is -0.467 e. The Bertz CT molecular complexity index is 1020. The van der Waals surface area contributed by atoms with Crippen LogP contribution in [0.15, 0.2) is 57.6 Å². The molecule has 1 aliphatic heterocycles. The van der Waals surface area contributed by atoms with Gasteiger partial charge in [-0.3, -0.25) is 4.79 Å². The zero-order valence-corrected chi connectivity index (χ0v) is 15.8. The molecule has 7 nitrogen and oxygen atoms in total. The van der Waals surface area contributed by atoms with E-state index in [9.17, 15) is 9.59 Å². The molecule has 0 radical (unpaired) electrons. The topological polar surface area (TPSA) is 76.1 Å². The monoisotopic (exact) mass is 380 g/mol. The van der Waals surface area contributed by atoms with Gasteiger partial charge in [-0.2, -0.15) is 0 Å². The number of anilines is 1. The summed E-state index contributed by atoms with van der Waals surface area (Å²) in [4.78, 5) is 28.9. The number of esters is 1. The third kappa shape index (κ3) is 2.85. The van der Waals surface area contributed by atoms with E-state index in [2.05, 4.69) is 0 Å². The van der Waals surface area contributed by atoms with Crippen molar-refractivity contribution in [3.8, 4) is 0 Å². The second-order valence-corrected chi connectivity index (χ2v) is 6.62. The van der Waals surface area contributed by atoms with Crippen molar-refractivity contribution in [1.29, 1.82) is 0 Å². The average molecular weight is 380 g/mol. The van der Waals surface area contributed by atoms with Gasteiger partial charge in [-0.25, -0.2) is 4.79 Å². The maximum atomic E-state index is 13.3. The van der Waals surface area contributed by atoms with E-state index < -0.39 is 12.1 Å². The minimum atomic E-state index is -0.537. The molecule has 4 rings (SSSR count). The summed E-state index contributed by atoms with van der Waals surface area (Å²) in [6.07, 6.45) is 1.03. The lowest BCUT2D eigenvalue weighted by atomic mass is 10.0. The van der Waals surface area contributed by atoms with Gasteiger partial charge in [0, 0.05) is 7.05 Å². The number of hydrogen-bond acceptors (Lipinski definition) is 6.